The molecule has 4 aromatic rings. The number of H-pyrrole nitrogens is 1. The van der Waals surface area contributed by atoms with E-state index in [1.54, 1.807) is 34.5 Å². The van der Waals surface area contributed by atoms with E-state index in [2.05, 4.69) is 16.4 Å². The summed E-state index contributed by atoms with van der Waals surface area (Å²) in [5, 5.41) is 2.96. The SMILES string of the molecule is COC1=N/C(=C(\c2ccc(OC)cc2)c2ccc(/C(=C3\C=CC(C(=C4/C=CC(=O)N4)/c4ccc(OC)cc4)=N3)c3ccc(OC)cc3)[nH]2)C=C1. The van der Waals surface area contributed by atoms with Crippen LogP contribution in [0.1, 0.15) is 28.1 Å². The highest BCUT2D eigenvalue weighted by Crippen LogP contribution is 2.37. The zero-order valence-corrected chi connectivity index (χ0v) is 28.0. The monoisotopic (exact) mass is 662 g/mol. The minimum atomic E-state index is -0.178. The van der Waals surface area contributed by atoms with Crippen LogP contribution in [0, 0.1) is 0 Å². The first-order chi connectivity index (χ1) is 24.5. The number of hydrogen-bond donors (Lipinski definition) is 2. The molecule has 0 spiro atoms. The molecule has 50 heavy (non-hydrogen) atoms. The van der Waals surface area contributed by atoms with Crippen LogP contribution >= 0.6 is 0 Å². The molecule has 9 nitrogen and oxygen atoms in total. The molecule has 248 valence electrons. The number of ether oxygens (including phenoxy) is 4. The van der Waals surface area contributed by atoms with Crippen molar-refractivity contribution in [3.8, 4) is 17.2 Å². The molecule has 1 aromatic heterocycles. The second-order valence-electron chi connectivity index (χ2n) is 11.4. The van der Waals surface area contributed by atoms with Gasteiger partial charge >= 0.3 is 0 Å². The Morgan fingerprint density at radius 2 is 0.980 bits per heavy atom. The number of aromatic amines is 1. The minimum absolute atomic E-state index is 0.178. The number of amides is 1. The number of methoxy groups -OCH3 is 4. The number of allylic oxidation sites excluding steroid dienone is 5. The molecule has 2 N–H and O–H groups in total. The summed E-state index contributed by atoms with van der Waals surface area (Å²) >= 11 is 0. The van der Waals surface area contributed by atoms with Gasteiger partial charge in [-0.05, 0) is 89.5 Å². The number of carbonyl (C=O) groups is 1. The lowest BCUT2D eigenvalue weighted by Gasteiger charge is -2.13. The zero-order valence-electron chi connectivity index (χ0n) is 28.0. The Bertz CT molecular complexity index is 2210. The lowest BCUT2D eigenvalue weighted by molar-refractivity contribution is -0.115. The van der Waals surface area contributed by atoms with E-state index in [4.69, 9.17) is 28.9 Å². The average Bonchev–Trinajstić information content (AvgIpc) is 4.00. The standard InChI is InChI=1S/C41H34N4O5/c1-47-28-11-5-25(6-12-28)39(31-17-19-33(42-31)40(35-21-23-37(46)44-35)26-7-13-29(48-2)14-8-26)32-18-20-34(43-32)41(36-22-24-38(45-36)50-4)27-9-15-30(49-3)16-10-27/h5-24,43H,1-4H3,(H,44,46)/b39-31+,40-35-,41-36+. The molecule has 0 bridgehead atoms. The number of hydrogen-bond acceptors (Lipinski definition) is 7. The van der Waals surface area contributed by atoms with E-state index in [1.807, 2.05) is 103 Å². The molecule has 0 fully saturated rings. The van der Waals surface area contributed by atoms with Gasteiger partial charge in [0.1, 0.15) is 17.2 Å². The van der Waals surface area contributed by atoms with Gasteiger partial charge in [0.15, 0.2) is 0 Å². The van der Waals surface area contributed by atoms with E-state index in [-0.39, 0.29) is 5.91 Å². The van der Waals surface area contributed by atoms with Crippen LogP contribution in [0.3, 0.4) is 0 Å². The Kier molecular flexibility index (Phi) is 8.86. The predicted octanol–water partition coefficient (Wildman–Crippen LogP) is 7.28. The lowest BCUT2D eigenvalue weighted by atomic mass is 9.98. The van der Waals surface area contributed by atoms with Gasteiger partial charge in [-0.25, -0.2) is 9.98 Å². The van der Waals surface area contributed by atoms with E-state index >= 15 is 0 Å². The van der Waals surface area contributed by atoms with E-state index in [1.165, 1.54) is 6.08 Å². The third-order valence-electron chi connectivity index (χ3n) is 8.52. The fourth-order valence-electron chi connectivity index (χ4n) is 6.04. The molecule has 0 saturated carbocycles. The molecule has 3 aliphatic heterocycles. The van der Waals surface area contributed by atoms with Crippen LogP contribution in [0.4, 0.5) is 0 Å². The largest absolute Gasteiger partial charge is 0.497 e. The molecule has 0 atom stereocenters. The predicted molar refractivity (Wildman–Crippen MR) is 196 cm³/mol. The summed E-state index contributed by atoms with van der Waals surface area (Å²) in [6.45, 7) is 0. The Morgan fingerprint density at radius 1 is 0.500 bits per heavy atom. The maximum Gasteiger partial charge on any atom is 0.248 e. The first kappa shape index (κ1) is 32.0. The van der Waals surface area contributed by atoms with Crippen LogP contribution in [0.15, 0.2) is 148 Å². The quantitative estimate of drug-likeness (QED) is 0.196. The van der Waals surface area contributed by atoms with Crippen molar-refractivity contribution in [2.24, 2.45) is 9.98 Å². The molecule has 9 heteroatoms. The first-order valence-electron chi connectivity index (χ1n) is 15.9. The molecular formula is C41H34N4O5. The number of nitrogens with zero attached hydrogens (tertiary/aromatic N) is 2. The third kappa shape index (κ3) is 6.32. The van der Waals surface area contributed by atoms with Crippen molar-refractivity contribution in [2.75, 3.05) is 28.4 Å². The Hall–Kier alpha value is -6.61. The van der Waals surface area contributed by atoms with Gasteiger partial charge in [-0.3, -0.25) is 4.79 Å². The van der Waals surface area contributed by atoms with Gasteiger partial charge in [-0.15, -0.1) is 0 Å². The summed E-state index contributed by atoms with van der Waals surface area (Å²) in [6.07, 6.45) is 11.1. The lowest BCUT2D eigenvalue weighted by Crippen LogP contribution is -2.16. The maximum atomic E-state index is 12.3. The summed E-state index contributed by atoms with van der Waals surface area (Å²) in [5.74, 6) is 2.60. The number of nitrogens with one attached hydrogen (secondary N) is 2. The first-order valence-corrected chi connectivity index (χ1v) is 15.9. The van der Waals surface area contributed by atoms with Gasteiger partial charge in [0.25, 0.3) is 0 Å². The number of aliphatic imine (C=N–C) groups is 2. The Labute approximate surface area is 290 Å². The van der Waals surface area contributed by atoms with Crippen molar-refractivity contribution in [3.63, 3.8) is 0 Å². The van der Waals surface area contributed by atoms with Gasteiger partial charge in [0.05, 0.1) is 51.2 Å². The average molecular weight is 663 g/mol. The van der Waals surface area contributed by atoms with Crippen molar-refractivity contribution in [1.82, 2.24) is 10.3 Å². The Balaban J connectivity index is 1.38. The molecule has 3 aromatic carbocycles. The van der Waals surface area contributed by atoms with Crippen LogP contribution in [-0.4, -0.2) is 50.9 Å². The minimum Gasteiger partial charge on any atom is -0.497 e. The van der Waals surface area contributed by atoms with Crippen LogP contribution in [-0.2, 0) is 9.53 Å². The molecule has 0 unspecified atom stereocenters. The van der Waals surface area contributed by atoms with Crippen LogP contribution in [0.2, 0.25) is 0 Å². The van der Waals surface area contributed by atoms with E-state index in [0.29, 0.717) is 17.3 Å². The summed E-state index contributed by atoms with van der Waals surface area (Å²) < 4.78 is 21.7. The number of rotatable bonds is 9. The van der Waals surface area contributed by atoms with Crippen molar-refractivity contribution >= 4 is 34.2 Å². The van der Waals surface area contributed by atoms with Gasteiger partial charge in [-0.2, -0.15) is 0 Å². The fraction of sp³-hybridized carbons (Fsp3) is 0.0976. The van der Waals surface area contributed by atoms with Crippen LogP contribution < -0.4 is 19.5 Å². The number of benzene rings is 3. The third-order valence-corrected chi connectivity index (χ3v) is 8.52. The fourth-order valence-corrected chi connectivity index (χ4v) is 6.04. The van der Waals surface area contributed by atoms with Crippen molar-refractivity contribution in [1.29, 1.82) is 0 Å². The van der Waals surface area contributed by atoms with Gasteiger partial charge < -0.3 is 29.2 Å². The van der Waals surface area contributed by atoms with E-state index in [0.717, 1.165) is 73.4 Å². The molecule has 0 radical (unpaired) electrons. The smallest absolute Gasteiger partial charge is 0.248 e. The van der Waals surface area contributed by atoms with Crippen LogP contribution in [0.5, 0.6) is 17.2 Å². The molecule has 0 saturated heterocycles. The highest BCUT2D eigenvalue weighted by Gasteiger charge is 2.24. The highest BCUT2D eigenvalue weighted by atomic mass is 16.5. The van der Waals surface area contributed by atoms with Crippen molar-refractivity contribution in [3.05, 3.63) is 167 Å². The zero-order chi connectivity index (χ0) is 34.6. The molecule has 4 heterocycles. The second kappa shape index (κ2) is 13.9. The maximum absolute atomic E-state index is 12.3. The molecular weight excluding hydrogens is 628 g/mol. The molecule has 7 rings (SSSR count). The number of aromatic nitrogens is 1. The summed E-state index contributed by atoms with van der Waals surface area (Å²) in [5.41, 5.74) is 10.0. The molecule has 1 amide bonds. The number of carbonyl (C=O) groups excluding carboxylic acids is 1. The summed E-state index contributed by atoms with van der Waals surface area (Å²) in [6, 6.07) is 27.6. The second-order valence-corrected chi connectivity index (χ2v) is 11.4. The van der Waals surface area contributed by atoms with Crippen molar-refractivity contribution in [2.45, 2.75) is 0 Å². The van der Waals surface area contributed by atoms with Gasteiger partial charge in [-0.1, -0.05) is 36.4 Å². The normalized spacial score (nSPS) is 17.7. The Morgan fingerprint density at radius 3 is 1.42 bits per heavy atom. The van der Waals surface area contributed by atoms with E-state index in [9.17, 15) is 4.79 Å². The molecule has 3 aliphatic rings. The van der Waals surface area contributed by atoms with Gasteiger partial charge in [0, 0.05) is 40.3 Å². The topological polar surface area (TPSA) is 107 Å². The molecule has 0 aliphatic carbocycles. The summed E-state index contributed by atoms with van der Waals surface area (Å²) in [7, 11) is 6.54. The highest BCUT2D eigenvalue weighted by molar-refractivity contribution is 6.32. The van der Waals surface area contributed by atoms with Crippen molar-refractivity contribution < 1.29 is 23.7 Å². The van der Waals surface area contributed by atoms with Crippen LogP contribution in [0.25, 0.3) is 16.7 Å². The van der Waals surface area contributed by atoms with E-state index < -0.39 is 0 Å². The summed E-state index contributed by atoms with van der Waals surface area (Å²) in [4.78, 5) is 25.9. The van der Waals surface area contributed by atoms with Gasteiger partial charge in [0.2, 0.25) is 11.8 Å².